The van der Waals surface area contributed by atoms with Crippen molar-refractivity contribution in [1.29, 1.82) is 5.26 Å². The number of nitrogens with two attached hydrogens (primary N) is 2. The van der Waals surface area contributed by atoms with Crippen molar-refractivity contribution in [2.75, 3.05) is 23.0 Å². The summed E-state index contributed by atoms with van der Waals surface area (Å²) in [4.78, 5) is 12.6. The number of hydrogen-bond donors (Lipinski definition) is 2. The van der Waals surface area contributed by atoms with E-state index in [4.69, 9.17) is 37.8 Å². The molecule has 0 fully saturated rings. The summed E-state index contributed by atoms with van der Waals surface area (Å²) < 4.78 is 139. The lowest BCUT2D eigenvalue weighted by atomic mass is 10.0. The lowest BCUT2D eigenvalue weighted by Gasteiger charge is -2.28. The van der Waals surface area contributed by atoms with Gasteiger partial charge in [-0.3, -0.25) is 4.79 Å². The van der Waals surface area contributed by atoms with Crippen LogP contribution in [0.15, 0.2) is 18.2 Å². The van der Waals surface area contributed by atoms with E-state index in [0.717, 1.165) is 42.4 Å². The molecule has 0 aliphatic heterocycles. The van der Waals surface area contributed by atoms with E-state index in [1.807, 2.05) is 33.8 Å². The zero-order valence-electron chi connectivity index (χ0n) is 31.5. The standard InChI is InChI=1S/C28H27F9N2O.C11H13ClN2O2S/c1-4-6-14(5-2)12-40-19-9-15(7-8-18(19)38)39(10-16-13(3)20(29)24(33)25(34)21(16)30)11-17-22(31)26(35)28(37)27(36)23(17)32;1-3-6(4-2)10(15)16-11-8(12)7(5-13)9(14)17-11/h7-9,14H,4-6,10-12,38H2,1-3H3;6H,3-4,14H2,1-2H3. The molecule has 4 N–H and O–H groups in total. The van der Waals surface area contributed by atoms with Gasteiger partial charge >= 0.3 is 5.97 Å². The van der Waals surface area contributed by atoms with Gasteiger partial charge in [0.15, 0.2) is 46.5 Å². The largest absolute Gasteiger partial charge is 0.491 e. The summed E-state index contributed by atoms with van der Waals surface area (Å²) in [5, 5.41) is 9.39. The van der Waals surface area contributed by atoms with Crippen LogP contribution in [0.3, 0.4) is 0 Å². The van der Waals surface area contributed by atoms with Crippen molar-refractivity contribution in [2.24, 2.45) is 11.8 Å². The van der Waals surface area contributed by atoms with Crippen molar-refractivity contribution >= 4 is 45.3 Å². The van der Waals surface area contributed by atoms with Crippen LogP contribution in [-0.4, -0.2) is 12.6 Å². The molecule has 0 bridgehead atoms. The van der Waals surface area contributed by atoms with Gasteiger partial charge < -0.3 is 25.8 Å². The van der Waals surface area contributed by atoms with Crippen LogP contribution < -0.4 is 25.8 Å². The van der Waals surface area contributed by atoms with Crippen molar-refractivity contribution in [3.05, 3.63) is 97.8 Å². The van der Waals surface area contributed by atoms with Gasteiger partial charge in [0.2, 0.25) is 10.9 Å². The third kappa shape index (κ3) is 10.6. The molecule has 4 rings (SSSR count). The Balaban J connectivity index is 0.000000427. The van der Waals surface area contributed by atoms with E-state index in [1.54, 1.807) is 0 Å². The molecule has 1 heterocycles. The molecule has 0 radical (unpaired) electrons. The molecule has 3 aromatic carbocycles. The molecule has 57 heavy (non-hydrogen) atoms. The Morgan fingerprint density at radius 3 is 1.86 bits per heavy atom. The zero-order valence-corrected chi connectivity index (χ0v) is 33.1. The van der Waals surface area contributed by atoms with Gasteiger partial charge in [0.1, 0.15) is 27.4 Å². The van der Waals surface area contributed by atoms with E-state index in [2.05, 4.69) is 0 Å². The Bertz CT molecular complexity index is 2000. The maximum absolute atomic E-state index is 14.8. The fourth-order valence-corrected chi connectivity index (χ4v) is 6.74. The summed E-state index contributed by atoms with van der Waals surface area (Å²) >= 11 is 6.91. The van der Waals surface area contributed by atoms with Crippen molar-refractivity contribution in [3.8, 4) is 16.9 Å². The molecule has 0 aliphatic carbocycles. The number of anilines is 3. The van der Waals surface area contributed by atoms with Gasteiger partial charge in [0, 0.05) is 36.0 Å². The van der Waals surface area contributed by atoms with Gasteiger partial charge in [-0.2, -0.15) is 5.26 Å². The minimum Gasteiger partial charge on any atom is -0.491 e. The van der Waals surface area contributed by atoms with Crippen LogP contribution in [0.25, 0.3) is 0 Å². The van der Waals surface area contributed by atoms with Crippen LogP contribution in [0.1, 0.15) is 82.1 Å². The topological polar surface area (TPSA) is 115 Å². The average Bonchev–Trinajstić information content (AvgIpc) is 3.47. The lowest BCUT2D eigenvalue weighted by molar-refractivity contribution is -0.138. The number of rotatable bonds is 15. The number of thiophene rings is 1. The lowest BCUT2D eigenvalue weighted by Crippen LogP contribution is -2.26. The number of nitrogens with zero attached hydrogens (tertiary/aromatic N) is 2. The maximum Gasteiger partial charge on any atom is 0.315 e. The summed E-state index contributed by atoms with van der Waals surface area (Å²) in [7, 11) is 0. The van der Waals surface area contributed by atoms with Gasteiger partial charge in [0.25, 0.3) is 0 Å². The highest BCUT2D eigenvalue weighted by atomic mass is 35.5. The predicted molar refractivity (Wildman–Crippen MR) is 200 cm³/mol. The monoisotopic (exact) mass is 850 g/mol. The van der Waals surface area contributed by atoms with Crippen molar-refractivity contribution in [3.63, 3.8) is 0 Å². The number of nitrogen functional groups attached to an aromatic ring is 2. The Morgan fingerprint density at radius 2 is 1.35 bits per heavy atom. The molecule has 7 nitrogen and oxygen atoms in total. The molecule has 1 atom stereocenters. The van der Waals surface area contributed by atoms with Crippen LogP contribution in [0.5, 0.6) is 10.8 Å². The maximum atomic E-state index is 14.8. The highest BCUT2D eigenvalue weighted by Crippen LogP contribution is 2.41. The molecule has 0 saturated carbocycles. The van der Waals surface area contributed by atoms with E-state index in [1.165, 1.54) is 18.2 Å². The van der Waals surface area contributed by atoms with Gasteiger partial charge in [-0.15, -0.1) is 0 Å². The van der Waals surface area contributed by atoms with Crippen LogP contribution in [0, 0.1) is 82.4 Å². The number of hydrogen-bond acceptors (Lipinski definition) is 8. The van der Waals surface area contributed by atoms with E-state index in [9.17, 15) is 44.3 Å². The molecular formula is C39H40ClF9N4O3S. The average molecular weight is 851 g/mol. The SMILES string of the molecule is CCC(CC)C(=O)Oc1sc(N)c(C#N)c1Cl.CCCC(CC)COc1cc(N(Cc2c(C)c(F)c(F)c(F)c2F)Cc2c(F)c(F)c(F)c(F)c2F)ccc1N. The molecular weight excluding hydrogens is 811 g/mol. The molecule has 1 aromatic heterocycles. The van der Waals surface area contributed by atoms with E-state index < -0.39 is 82.1 Å². The summed E-state index contributed by atoms with van der Waals surface area (Å²) in [5.41, 5.74) is 9.19. The summed E-state index contributed by atoms with van der Waals surface area (Å²) in [6.45, 7) is 7.07. The first kappa shape index (κ1) is 46.6. The molecule has 0 saturated heterocycles. The predicted octanol–water partition coefficient (Wildman–Crippen LogP) is 11.4. The molecule has 310 valence electrons. The van der Waals surface area contributed by atoms with Gasteiger partial charge in [-0.25, -0.2) is 39.5 Å². The number of benzene rings is 3. The van der Waals surface area contributed by atoms with E-state index in [-0.39, 0.29) is 62.2 Å². The number of halogens is 10. The van der Waals surface area contributed by atoms with Crippen LogP contribution in [0.2, 0.25) is 5.02 Å². The molecule has 0 spiro atoms. The number of esters is 1. The molecule has 1 unspecified atom stereocenters. The highest BCUT2D eigenvalue weighted by Gasteiger charge is 2.30. The fourth-order valence-electron chi connectivity index (χ4n) is 5.62. The first-order valence-corrected chi connectivity index (χ1v) is 18.9. The molecule has 0 aliphatic rings. The van der Waals surface area contributed by atoms with Crippen LogP contribution in [0.4, 0.5) is 55.9 Å². The second kappa shape index (κ2) is 20.6. The molecule has 0 amide bonds. The van der Waals surface area contributed by atoms with Gasteiger partial charge in [-0.05, 0) is 49.8 Å². The van der Waals surface area contributed by atoms with Crippen LogP contribution >= 0.6 is 22.9 Å². The van der Waals surface area contributed by atoms with E-state index in [0.29, 0.717) is 12.8 Å². The Hall–Kier alpha value is -4.82. The minimum absolute atomic E-state index is 0.0272. The van der Waals surface area contributed by atoms with Crippen molar-refractivity contribution in [2.45, 2.75) is 79.8 Å². The quantitative estimate of drug-likeness (QED) is 0.0402. The highest BCUT2D eigenvalue weighted by molar-refractivity contribution is 7.18. The van der Waals surface area contributed by atoms with Gasteiger partial charge in [0.05, 0.1) is 18.2 Å². The second-order valence-electron chi connectivity index (χ2n) is 12.8. The first-order chi connectivity index (χ1) is 26.9. The number of ether oxygens (including phenoxy) is 2. The molecule has 18 heteroatoms. The third-order valence-corrected chi connectivity index (χ3v) is 10.6. The summed E-state index contributed by atoms with van der Waals surface area (Å²) in [6, 6.07) is 5.76. The second-order valence-corrected chi connectivity index (χ2v) is 14.2. The van der Waals surface area contributed by atoms with Gasteiger partial charge in [-0.1, -0.05) is 63.5 Å². The van der Waals surface area contributed by atoms with Crippen LogP contribution in [-0.2, 0) is 17.9 Å². The Kier molecular flexibility index (Phi) is 16.8. The van der Waals surface area contributed by atoms with E-state index >= 15 is 0 Å². The van der Waals surface area contributed by atoms with Crippen molar-refractivity contribution in [1.82, 2.24) is 0 Å². The smallest absolute Gasteiger partial charge is 0.315 e. The zero-order chi connectivity index (χ0) is 42.9. The molecule has 4 aromatic rings. The van der Waals surface area contributed by atoms with Crippen molar-refractivity contribution < 1.29 is 53.8 Å². The summed E-state index contributed by atoms with van der Waals surface area (Å²) in [5.74, 6) is -19.0. The Labute approximate surface area is 332 Å². The normalized spacial score (nSPS) is 11.6. The number of carbonyl (C=O) groups is 1. The minimum atomic E-state index is -2.38. The number of nitriles is 1. The number of carbonyl (C=O) groups excluding carboxylic acids is 1. The fraction of sp³-hybridized carbons (Fsp3) is 0.385. The Morgan fingerprint density at radius 1 is 0.825 bits per heavy atom. The summed E-state index contributed by atoms with van der Waals surface area (Å²) in [6.07, 6.45) is 3.95. The third-order valence-electron chi connectivity index (χ3n) is 9.21. The first-order valence-electron chi connectivity index (χ1n) is 17.7.